The molecule has 174 valence electrons. The highest BCUT2D eigenvalue weighted by Gasteiger charge is 2.49. The summed E-state index contributed by atoms with van der Waals surface area (Å²) in [7, 11) is -4.04. The van der Waals surface area contributed by atoms with Crippen LogP contribution >= 0.6 is 0 Å². The van der Waals surface area contributed by atoms with Crippen molar-refractivity contribution in [2.75, 3.05) is 20.2 Å². The van der Waals surface area contributed by atoms with Crippen molar-refractivity contribution in [2.45, 2.75) is 37.5 Å². The second-order valence-electron chi connectivity index (χ2n) is 7.98. The second kappa shape index (κ2) is 7.80. The van der Waals surface area contributed by atoms with Crippen molar-refractivity contribution >= 4 is 10.1 Å². The normalized spacial score (nSPS) is 19.1. The molecule has 0 radical (unpaired) electrons. The van der Waals surface area contributed by atoms with E-state index >= 15 is 0 Å². The highest BCUT2D eigenvalue weighted by Crippen LogP contribution is 2.54. The van der Waals surface area contributed by atoms with Gasteiger partial charge in [0.25, 0.3) is 0 Å². The first kappa shape index (κ1) is 22.7. The van der Waals surface area contributed by atoms with Crippen LogP contribution in [0.3, 0.4) is 0 Å². The highest BCUT2D eigenvalue weighted by molar-refractivity contribution is 7.88. The second-order valence-corrected chi connectivity index (χ2v) is 9.52. The third-order valence-corrected chi connectivity index (χ3v) is 6.70. The van der Waals surface area contributed by atoms with Crippen LogP contribution in [-0.2, 0) is 23.0 Å². The van der Waals surface area contributed by atoms with E-state index in [1.165, 1.54) is 13.0 Å². The largest absolute Gasteiger partial charge is 0.534 e. The minimum atomic E-state index is -5.98. The number of nitrogens with zero attached hydrogens (tertiary/aromatic N) is 1. The van der Waals surface area contributed by atoms with Gasteiger partial charge in [0.15, 0.2) is 11.5 Å². The van der Waals surface area contributed by atoms with Crippen LogP contribution in [0.15, 0.2) is 24.3 Å². The van der Waals surface area contributed by atoms with Gasteiger partial charge in [0.05, 0.1) is 0 Å². The number of rotatable bonds is 5. The Morgan fingerprint density at radius 3 is 2.47 bits per heavy atom. The summed E-state index contributed by atoms with van der Waals surface area (Å²) < 4.78 is 84.8. The summed E-state index contributed by atoms with van der Waals surface area (Å²) in [6.07, 6.45) is -0.140. The number of halogens is 4. The van der Waals surface area contributed by atoms with Crippen LogP contribution in [0.4, 0.5) is 17.6 Å². The van der Waals surface area contributed by atoms with Gasteiger partial charge in [-0.2, -0.15) is 21.6 Å². The van der Waals surface area contributed by atoms with Crippen LogP contribution in [-0.4, -0.2) is 50.3 Å². The summed E-state index contributed by atoms with van der Waals surface area (Å²) in [6, 6.07) is 5.83. The van der Waals surface area contributed by atoms with Gasteiger partial charge in [0, 0.05) is 23.7 Å². The third kappa shape index (κ3) is 3.77. The minimum Gasteiger partial charge on any atom is -0.504 e. The van der Waals surface area contributed by atoms with Crippen molar-refractivity contribution in [3.05, 3.63) is 41.0 Å². The average Bonchev–Trinajstić information content (AvgIpc) is 2.70. The van der Waals surface area contributed by atoms with Gasteiger partial charge in [-0.15, -0.1) is 0 Å². The van der Waals surface area contributed by atoms with Gasteiger partial charge >= 0.3 is 15.6 Å². The maximum atomic E-state index is 13.5. The Labute approximate surface area is 182 Å². The monoisotopic (exact) mass is 475 g/mol. The van der Waals surface area contributed by atoms with Gasteiger partial charge in [-0.3, -0.25) is 4.90 Å². The fraction of sp³-hybridized carbons (Fsp3) is 0.429. The summed E-state index contributed by atoms with van der Waals surface area (Å²) in [6.45, 7) is 1.84. The molecule has 32 heavy (non-hydrogen) atoms. The molecule has 6 nitrogen and oxygen atoms in total. The smallest absolute Gasteiger partial charge is 0.504 e. The van der Waals surface area contributed by atoms with Gasteiger partial charge in [0.1, 0.15) is 18.5 Å². The number of phenolic OH excluding ortho intramolecular Hbond substituents is 1. The Bertz CT molecular complexity index is 1160. The number of fused-ring (bicyclic) bond motifs is 2. The molecule has 11 heteroatoms. The van der Waals surface area contributed by atoms with E-state index in [-0.39, 0.29) is 24.0 Å². The van der Waals surface area contributed by atoms with Crippen LogP contribution in [0, 0.1) is 0 Å². The zero-order valence-corrected chi connectivity index (χ0v) is 18.1. The lowest BCUT2D eigenvalue weighted by Crippen LogP contribution is -2.35. The lowest BCUT2D eigenvalue weighted by Gasteiger charge is -2.40. The molecule has 2 atom stereocenters. The van der Waals surface area contributed by atoms with E-state index in [0.29, 0.717) is 24.0 Å². The number of aromatic hydroxyl groups is 1. The standard InChI is InChI=1S/C21H21F4NO5S/c1-11(22)10-30-15-5-3-12-7-8-26(2)14-9-13-4-6-16(31-32(28,29)21(23,24)25)20(27)18(13)19(15)17(12)14/h3-6,11,14,27H,7-10H2,1-2H3/t11-,14?/m1/s1. The molecule has 1 N–H and O–H groups in total. The highest BCUT2D eigenvalue weighted by atomic mass is 32.2. The van der Waals surface area contributed by atoms with E-state index in [1.54, 1.807) is 6.07 Å². The Morgan fingerprint density at radius 1 is 1.16 bits per heavy atom. The molecule has 0 amide bonds. The number of likely N-dealkylation sites (N-methyl/N-ethyl adjacent to an activating group) is 1. The molecule has 1 aliphatic heterocycles. The number of phenols is 1. The van der Waals surface area contributed by atoms with Gasteiger partial charge < -0.3 is 14.0 Å². The van der Waals surface area contributed by atoms with Crippen molar-refractivity contribution in [3.8, 4) is 28.4 Å². The SMILES string of the molecule is C[C@@H](F)COc1ccc2c3c1-c1c(ccc(OS(=O)(=O)C(F)(F)F)c1O)CC3N(C)CC2. The van der Waals surface area contributed by atoms with E-state index in [0.717, 1.165) is 23.7 Å². The zero-order valence-electron chi connectivity index (χ0n) is 17.2. The summed E-state index contributed by atoms with van der Waals surface area (Å²) in [5.41, 5.74) is -2.73. The predicted octanol–water partition coefficient (Wildman–Crippen LogP) is 4.11. The first-order valence-electron chi connectivity index (χ1n) is 9.89. The van der Waals surface area contributed by atoms with Crippen LogP contribution in [0.5, 0.6) is 17.2 Å². The molecular weight excluding hydrogens is 454 g/mol. The first-order chi connectivity index (χ1) is 14.9. The third-order valence-electron chi connectivity index (χ3n) is 5.74. The zero-order chi connectivity index (χ0) is 23.4. The fourth-order valence-corrected chi connectivity index (χ4v) is 4.72. The minimum absolute atomic E-state index is 0.0855. The molecule has 4 rings (SSSR count). The van der Waals surface area contributed by atoms with Crippen molar-refractivity contribution in [1.82, 2.24) is 4.90 Å². The predicted molar refractivity (Wildman–Crippen MR) is 108 cm³/mol. The first-order valence-corrected chi connectivity index (χ1v) is 11.3. The Kier molecular flexibility index (Phi) is 5.52. The van der Waals surface area contributed by atoms with E-state index in [4.69, 9.17) is 4.74 Å². The van der Waals surface area contributed by atoms with Crippen molar-refractivity contribution in [3.63, 3.8) is 0 Å². The maximum absolute atomic E-state index is 13.5. The van der Waals surface area contributed by atoms with Crippen molar-refractivity contribution in [2.24, 2.45) is 0 Å². The Morgan fingerprint density at radius 2 is 1.81 bits per heavy atom. The Hall–Kier alpha value is -2.53. The topological polar surface area (TPSA) is 76.1 Å². The van der Waals surface area contributed by atoms with Crippen molar-refractivity contribution < 1.29 is 40.0 Å². The van der Waals surface area contributed by atoms with E-state index in [1.807, 2.05) is 13.1 Å². The van der Waals surface area contributed by atoms with Crippen LogP contribution in [0.25, 0.3) is 11.1 Å². The van der Waals surface area contributed by atoms with Gasteiger partial charge in [-0.1, -0.05) is 12.1 Å². The number of benzene rings is 2. The summed E-state index contributed by atoms with van der Waals surface area (Å²) in [5.74, 6) is -1.33. The van der Waals surface area contributed by atoms with Gasteiger partial charge in [0.2, 0.25) is 0 Å². The van der Waals surface area contributed by atoms with E-state index in [2.05, 4.69) is 9.08 Å². The van der Waals surface area contributed by atoms with Crippen molar-refractivity contribution in [1.29, 1.82) is 0 Å². The maximum Gasteiger partial charge on any atom is 0.534 e. The molecule has 1 unspecified atom stereocenters. The number of hydrogen-bond donors (Lipinski definition) is 1. The Balaban J connectivity index is 1.91. The fourth-order valence-electron chi connectivity index (χ4n) is 4.26. The average molecular weight is 475 g/mol. The number of ether oxygens (including phenoxy) is 1. The molecule has 1 heterocycles. The number of hydrogen-bond acceptors (Lipinski definition) is 6. The molecule has 1 aliphatic carbocycles. The lowest BCUT2D eigenvalue weighted by molar-refractivity contribution is -0.0500. The van der Waals surface area contributed by atoms with Gasteiger partial charge in [-0.25, -0.2) is 4.39 Å². The van der Waals surface area contributed by atoms with E-state index < -0.39 is 33.3 Å². The summed E-state index contributed by atoms with van der Waals surface area (Å²) in [4.78, 5) is 2.12. The molecule has 0 fully saturated rings. The van der Waals surface area contributed by atoms with Gasteiger partial charge in [-0.05, 0) is 55.6 Å². The molecule has 0 saturated heterocycles. The van der Waals surface area contributed by atoms with Crippen LogP contribution in [0.1, 0.15) is 29.7 Å². The molecule has 2 aromatic carbocycles. The number of alkyl halides is 4. The molecule has 0 saturated carbocycles. The molecule has 2 aromatic rings. The van der Waals surface area contributed by atoms with Crippen LogP contribution in [0.2, 0.25) is 0 Å². The molecule has 0 bridgehead atoms. The molecule has 2 aliphatic rings. The van der Waals surface area contributed by atoms with E-state index in [9.17, 15) is 31.1 Å². The summed E-state index contributed by atoms with van der Waals surface area (Å²) in [5, 5.41) is 10.8. The summed E-state index contributed by atoms with van der Waals surface area (Å²) >= 11 is 0. The molecule has 0 spiro atoms. The quantitative estimate of drug-likeness (QED) is 0.399. The van der Waals surface area contributed by atoms with Crippen LogP contribution < -0.4 is 8.92 Å². The molecule has 0 aromatic heterocycles. The lowest BCUT2D eigenvalue weighted by atomic mass is 9.76. The molecular formula is C21H21F4NO5S.